The largest absolute Gasteiger partial charge is 0.755 e. The molecule has 0 bridgehead atoms. The van der Waals surface area contributed by atoms with Crippen LogP contribution in [0.25, 0.3) is 0 Å². The highest BCUT2D eigenvalue weighted by Crippen LogP contribution is 2.25. The zero-order valence-electron chi connectivity index (χ0n) is 15.2. The summed E-state index contributed by atoms with van der Waals surface area (Å²) >= 11 is -2.41. The van der Waals surface area contributed by atoms with E-state index in [0.717, 1.165) is 11.1 Å². The van der Waals surface area contributed by atoms with Gasteiger partial charge in [-0.1, -0.05) is 24.3 Å². The monoisotopic (exact) mass is 413 g/mol. The average molecular weight is 413 g/mol. The van der Waals surface area contributed by atoms with Gasteiger partial charge in [0.2, 0.25) is 0 Å². The predicted molar refractivity (Wildman–Crippen MR) is 109 cm³/mol. The van der Waals surface area contributed by atoms with E-state index in [2.05, 4.69) is 10.0 Å². The second-order valence-electron chi connectivity index (χ2n) is 6.31. The molecular formula is C21H18FN2O4S-. The minimum absolute atomic E-state index is 0.0990. The number of benzene rings is 3. The van der Waals surface area contributed by atoms with Crippen LogP contribution < -0.4 is 10.0 Å². The molecule has 0 aliphatic carbocycles. The summed E-state index contributed by atoms with van der Waals surface area (Å²) in [5, 5.41) is 12.5. The Balaban J connectivity index is 1.81. The van der Waals surface area contributed by atoms with Crippen molar-refractivity contribution in [3.63, 3.8) is 0 Å². The van der Waals surface area contributed by atoms with Crippen molar-refractivity contribution in [3.8, 4) is 0 Å². The average Bonchev–Trinajstić information content (AvgIpc) is 2.68. The number of hydrogen-bond donors (Lipinski definition) is 3. The number of aromatic carboxylic acids is 1. The number of anilines is 3. The lowest BCUT2D eigenvalue weighted by molar-refractivity contribution is 0.0698. The number of para-hydroxylation sites is 1. The van der Waals surface area contributed by atoms with E-state index in [-0.39, 0.29) is 11.4 Å². The van der Waals surface area contributed by atoms with Crippen molar-refractivity contribution in [2.24, 2.45) is 0 Å². The van der Waals surface area contributed by atoms with Crippen molar-refractivity contribution in [1.29, 1.82) is 0 Å². The Kier molecular flexibility index (Phi) is 6.58. The van der Waals surface area contributed by atoms with Crippen LogP contribution in [0, 0.1) is 5.82 Å². The number of halogens is 1. The van der Waals surface area contributed by atoms with Gasteiger partial charge in [0.1, 0.15) is 5.82 Å². The van der Waals surface area contributed by atoms with Gasteiger partial charge >= 0.3 is 5.97 Å². The summed E-state index contributed by atoms with van der Waals surface area (Å²) in [6.07, 6.45) is 1.13. The van der Waals surface area contributed by atoms with E-state index in [1.165, 1.54) is 30.3 Å². The summed E-state index contributed by atoms with van der Waals surface area (Å²) < 4.78 is 37.4. The molecule has 1 unspecified atom stereocenters. The normalized spacial score (nSPS) is 11.7. The number of carbonyl (C=O) groups is 1. The number of rotatable bonds is 8. The molecule has 3 rings (SSSR count). The Morgan fingerprint density at radius 3 is 2.41 bits per heavy atom. The summed E-state index contributed by atoms with van der Waals surface area (Å²) in [5.74, 6) is -1.46. The van der Waals surface area contributed by atoms with E-state index in [1.807, 2.05) is 12.1 Å². The van der Waals surface area contributed by atoms with Crippen molar-refractivity contribution in [2.75, 3.05) is 10.0 Å². The van der Waals surface area contributed by atoms with Crippen LogP contribution in [-0.2, 0) is 24.1 Å². The molecule has 0 saturated heterocycles. The lowest BCUT2D eigenvalue weighted by Crippen LogP contribution is -2.06. The molecule has 0 heterocycles. The van der Waals surface area contributed by atoms with Gasteiger partial charge in [-0.15, -0.1) is 0 Å². The van der Waals surface area contributed by atoms with Gasteiger partial charge in [-0.25, -0.2) is 9.18 Å². The quantitative estimate of drug-likeness (QED) is 0.479. The van der Waals surface area contributed by atoms with Crippen molar-refractivity contribution in [3.05, 3.63) is 89.2 Å². The van der Waals surface area contributed by atoms with E-state index in [9.17, 15) is 23.1 Å². The van der Waals surface area contributed by atoms with Gasteiger partial charge in [-0.3, -0.25) is 4.21 Å². The second-order valence-corrected chi connectivity index (χ2v) is 6.98. The summed E-state index contributed by atoms with van der Waals surface area (Å²) in [5.41, 5.74) is 3.27. The minimum atomic E-state index is -2.41. The topological polar surface area (TPSA) is 101 Å². The van der Waals surface area contributed by atoms with Crippen LogP contribution >= 0.6 is 0 Å². The Morgan fingerprint density at radius 2 is 1.72 bits per heavy atom. The molecule has 0 saturated carbocycles. The molecule has 150 valence electrons. The molecule has 3 N–H and O–H groups in total. The third kappa shape index (κ3) is 5.63. The summed E-state index contributed by atoms with van der Waals surface area (Å²) in [7, 11) is 0. The van der Waals surface area contributed by atoms with Gasteiger partial charge in [0.05, 0.1) is 11.3 Å². The summed E-state index contributed by atoms with van der Waals surface area (Å²) in [6.45, 7) is 0. The van der Waals surface area contributed by atoms with E-state index in [4.69, 9.17) is 0 Å². The maximum absolute atomic E-state index is 13.1. The lowest BCUT2D eigenvalue weighted by atomic mass is 10.0. The van der Waals surface area contributed by atoms with Gasteiger partial charge in [0, 0.05) is 22.6 Å². The van der Waals surface area contributed by atoms with Crippen LogP contribution in [0.1, 0.15) is 21.5 Å². The van der Waals surface area contributed by atoms with Crippen LogP contribution in [0.3, 0.4) is 0 Å². The zero-order valence-corrected chi connectivity index (χ0v) is 16.0. The highest BCUT2D eigenvalue weighted by Gasteiger charge is 2.12. The molecule has 3 aromatic carbocycles. The van der Waals surface area contributed by atoms with Crippen LogP contribution in [-0.4, -0.2) is 19.8 Å². The maximum Gasteiger partial charge on any atom is 0.337 e. The molecular weight excluding hydrogens is 395 g/mol. The van der Waals surface area contributed by atoms with Crippen LogP contribution in [0.15, 0.2) is 66.7 Å². The molecule has 0 aliphatic heterocycles. The molecule has 0 amide bonds. The molecule has 1 atom stereocenters. The molecule has 3 aromatic rings. The van der Waals surface area contributed by atoms with E-state index < -0.39 is 17.2 Å². The van der Waals surface area contributed by atoms with Gasteiger partial charge in [0.15, 0.2) is 0 Å². The Hall–Kier alpha value is -3.23. The second kappa shape index (κ2) is 9.31. The van der Waals surface area contributed by atoms with Gasteiger partial charge in [0.25, 0.3) is 0 Å². The van der Waals surface area contributed by atoms with Crippen molar-refractivity contribution in [1.82, 2.24) is 0 Å². The first kappa shape index (κ1) is 20.5. The van der Waals surface area contributed by atoms with Gasteiger partial charge in [-0.05, 0) is 66.4 Å². The molecule has 29 heavy (non-hydrogen) atoms. The highest BCUT2D eigenvalue weighted by molar-refractivity contribution is 7.80. The molecule has 0 radical (unpaired) electrons. The lowest BCUT2D eigenvalue weighted by Gasteiger charge is -2.14. The number of carboxylic acid groups (broad SMARTS) is 1. The molecule has 0 aliphatic rings. The van der Waals surface area contributed by atoms with Crippen LogP contribution in [0.4, 0.5) is 21.5 Å². The van der Waals surface area contributed by atoms with Gasteiger partial charge in [-0.2, -0.15) is 0 Å². The molecule has 6 nitrogen and oxygen atoms in total. The highest BCUT2D eigenvalue weighted by atomic mass is 32.2. The fourth-order valence-electron chi connectivity index (χ4n) is 2.93. The van der Waals surface area contributed by atoms with Crippen LogP contribution in [0.5, 0.6) is 0 Å². The predicted octanol–water partition coefficient (Wildman–Crippen LogP) is 4.26. The summed E-state index contributed by atoms with van der Waals surface area (Å²) in [4.78, 5) is 11.5. The number of nitrogens with one attached hydrogen (secondary N) is 2. The number of carboxylic acids is 1. The Bertz CT molecular complexity index is 1040. The summed E-state index contributed by atoms with van der Waals surface area (Å²) in [6, 6.07) is 17.7. The molecule has 0 fully saturated rings. The molecule has 0 spiro atoms. The maximum atomic E-state index is 13.1. The third-order valence-electron chi connectivity index (χ3n) is 4.33. The molecule has 8 heteroatoms. The van der Waals surface area contributed by atoms with E-state index in [0.29, 0.717) is 29.9 Å². The SMILES string of the molecule is O=C(O)c1ccc(CCc2ccccc2NS(=O)[O-])cc1Nc1ccc(F)cc1. The smallest absolute Gasteiger partial charge is 0.337 e. The van der Waals surface area contributed by atoms with Crippen molar-refractivity contribution < 1.29 is 23.1 Å². The van der Waals surface area contributed by atoms with E-state index >= 15 is 0 Å². The van der Waals surface area contributed by atoms with Crippen LogP contribution in [0.2, 0.25) is 0 Å². The first-order valence-electron chi connectivity index (χ1n) is 8.75. The Labute approximate surface area is 169 Å². The fraction of sp³-hybridized carbons (Fsp3) is 0.0952. The number of aryl methyl sites for hydroxylation is 2. The van der Waals surface area contributed by atoms with Gasteiger partial charge < -0.3 is 19.7 Å². The third-order valence-corrected chi connectivity index (χ3v) is 4.72. The van der Waals surface area contributed by atoms with Crippen molar-refractivity contribution in [2.45, 2.75) is 12.8 Å². The Morgan fingerprint density at radius 1 is 1.00 bits per heavy atom. The zero-order chi connectivity index (χ0) is 20.8. The minimum Gasteiger partial charge on any atom is -0.755 e. The fourth-order valence-corrected chi connectivity index (χ4v) is 3.31. The number of hydrogen-bond acceptors (Lipinski definition) is 4. The molecule has 0 aromatic heterocycles. The van der Waals surface area contributed by atoms with Crippen molar-refractivity contribution >= 4 is 34.3 Å². The first-order chi connectivity index (χ1) is 13.9. The first-order valence-corrected chi connectivity index (χ1v) is 9.82. The standard InChI is InChI=1S/C21H19FN2O4S/c22-16-8-10-17(11-9-16)23-20-13-14(6-12-18(20)21(25)26)5-7-15-3-1-2-4-19(15)24-29(27)28/h1-4,6,8-13,23-24H,5,7H2,(H,25,26)(H,27,28)/p-1. The van der Waals surface area contributed by atoms with E-state index in [1.54, 1.807) is 24.3 Å².